The van der Waals surface area contributed by atoms with Crippen LogP contribution in [-0.4, -0.2) is 100 Å². The summed E-state index contributed by atoms with van der Waals surface area (Å²) in [5.74, 6) is -0.567. The second-order valence-electron chi connectivity index (χ2n) is 18.4. The number of anilines is 1. The Morgan fingerprint density at radius 3 is 2.35 bits per heavy atom. The highest BCUT2D eigenvalue weighted by molar-refractivity contribution is 7.94. The van der Waals surface area contributed by atoms with Gasteiger partial charge in [0.25, 0.3) is 20.2 Å². The molecule has 0 amide bonds. The Labute approximate surface area is 419 Å². The maximum Gasteiger partial charge on any atom is 0.341 e. The van der Waals surface area contributed by atoms with Crippen LogP contribution in [0.2, 0.25) is 0 Å². The zero-order valence-corrected chi connectivity index (χ0v) is 43.0. The van der Waals surface area contributed by atoms with Gasteiger partial charge in [0.15, 0.2) is 12.3 Å². The van der Waals surface area contributed by atoms with Crippen molar-refractivity contribution in [3.63, 3.8) is 0 Å². The summed E-state index contributed by atoms with van der Waals surface area (Å²) in [5, 5.41) is 25.1. The summed E-state index contributed by atoms with van der Waals surface area (Å²) in [4.78, 5) is 14.2. The molecule has 22 heteroatoms. The first-order valence-corrected chi connectivity index (χ1v) is 27.5. The number of hydrogen-bond acceptors (Lipinski definition) is 14. The number of aliphatic carboxylic acids is 1. The van der Waals surface area contributed by atoms with Crippen LogP contribution in [0.3, 0.4) is 0 Å². The summed E-state index contributed by atoms with van der Waals surface area (Å²) in [5.41, 5.74) is 5.90. The van der Waals surface area contributed by atoms with Crippen molar-refractivity contribution in [3.05, 3.63) is 113 Å². The SMILES string of the molecule is COC1=C(/C=C/C2=[N+](CCCCOS(=O)O)c3ccc4cc(SOOO)cc(OCC(=O)O)c4c3C2(C)C)CCC/C1=C\C=C1\N(CCCCS(=O)(=O)O)c2ccc3cc(S(=O)(=O)O)ccc3c2C1(C)C. The van der Waals surface area contributed by atoms with E-state index in [0.717, 1.165) is 74.3 Å². The molecule has 382 valence electrons. The number of nitrogens with zero attached hydrogens (tertiary/aromatic N) is 2. The predicted octanol–water partition coefficient (Wildman–Crippen LogP) is 9.36. The minimum Gasteiger partial charge on any atom is -0.496 e. The molecule has 18 nitrogen and oxygen atoms in total. The van der Waals surface area contributed by atoms with Gasteiger partial charge in [0.1, 0.15) is 18.1 Å². The number of fused-ring (bicyclic) bond motifs is 6. The quantitative estimate of drug-likeness (QED) is 0.00934. The van der Waals surface area contributed by atoms with Crippen molar-refractivity contribution in [2.45, 2.75) is 93.3 Å². The topological polar surface area (TPSA) is 256 Å². The molecule has 5 N–H and O–H groups in total. The molecular formula is C49H57N2O16S4+. The van der Waals surface area contributed by atoms with Gasteiger partial charge >= 0.3 is 17.3 Å². The van der Waals surface area contributed by atoms with E-state index in [1.165, 1.54) is 12.1 Å². The Hall–Kier alpha value is -4.98. The lowest BCUT2D eigenvalue weighted by Gasteiger charge is -2.27. The number of carboxylic acid groups (broad SMARTS) is 1. The Kier molecular flexibility index (Phi) is 16.7. The van der Waals surface area contributed by atoms with Crippen molar-refractivity contribution in [2.75, 3.05) is 44.1 Å². The van der Waals surface area contributed by atoms with Gasteiger partial charge in [-0.3, -0.25) is 17.8 Å². The fourth-order valence-corrected chi connectivity index (χ4v) is 11.9. The molecule has 0 saturated carbocycles. The van der Waals surface area contributed by atoms with Crippen LogP contribution in [0.1, 0.15) is 83.8 Å². The molecule has 1 aliphatic carbocycles. The number of allylic oxidation sites excluding steroid dienone is 7. The highest BCUT2D eigenvalue weighted by atomic mass is 32.2. The monoisotopic (exact) mass is 1060 g/mol. The molecule has 0 aromatic heterocycles. The summed E-state index contributed by atoms with van der Waals surface area (Å²) in [7, 11) is -6.99. The lowest BCUT2D eigenvalue weighted by molar-refractivity contribution is -0.438. The van der Waals surface area contributed by atoms with Crippen molar-refractivity contribution in [1.29, 1.82) is 0 Å². The highest BCUT2D eigenvalue weighted by Crippen LogP contribution is 2.52. The molecular weight excluding hydrogens is 1000 g/mol. The molecule has 2 heterocycles. The first-order valence-electron chi connectivity index (χ1n) is 22.7. The smallest absolute Gasteiger partial charge is 0.341 e. The number of rotatable bonds is 22. The van der Waals surface area contributed by atoms with E-state index in [1.807, 2.05) is 36.4 Å². The summed E-state index contributed by atoms with van der Waals surface area (Å²) >= 11 is -1.67. The van der Waals surface area contributed by atoms with E-state index >= 15 is 0 Å². The van der Waals surface area contributed by atoms with Gasteiger partial charge in [0.05, 0.1) is 47.4 Å². The van der Waals surface area contributed by atoms with Gasteiger partial charge in [-0.1, -0.05) is 37.1 Å². The zero-order valence-electron chi connectivity index (χ0n) is 39.7. The maximum absolute atomic E-state index is 12.1. The van der Waals surface area contributed by atoms with Gasteiger partial charge < -0.3 is 19.5 Å². The van der Waals surface area contributed by atoms with Crippen LogP contribution < -0.4 is 9.64 Å². The Morgan fingerprint density at radius 1 is 0.901 bits per heavy atom. The fourth-order valence-electron chi connectivity index (χ4n) is 10.1. The second-order valence-corrected chi connectivity index (χ2v) is 22.8. The minimum atomic E-state index is -4.45. The number of unbranched alkanes of at least 4 members (excludes halogenated alkanes) is 2. The van der Waals surface area contributed by atoms with Gasteiger partial charge in [-0.15, -0.1) is 4.33 Å². The van der Waals surface area contributed by atoms with Crippen molar-refractivity contribution in [3.8, 4) is 5.75 Å². The molecule has 0 spiro atoms. The van der Waals surface area contributed by atoms with Crippen LogP contribution in [0.25, 0.3) is 21.5 Å². The van der Waals surface area contributed by atoms with Crippen LogP contribution in [-0.2, 0) is 65.5 Å². The van der Waals surface area contributed by atoms with E-state index in [2.05, 4.69) is 54.4 Å². The largest absolute Gasteiger partial charge is 0.496 e. The summed E-state index contributed by atoms with van der Waals surface area (Å²) in [6.45, 7) is 8.67. The van der Waals surface area contributed by atoms with Crippen molar-refractivity contribution >= 4 is 88.2 Å². The van der Waals surface area contributed by atoms with Gasteiger partial charge in [-0.2, -0.15) is 25.6 Å². The summed E-state index contributed by atoms with van der Waals surface area (Å²) in [6.07, 6.45) is 12.2. The van der Waals surface area contributed by atoms with Gasteiger partial charge in [-0.05, 0) is 134 Å². The van der Waals surface area contributed by atoms with Crippen LogP contribution in [0.15, 0.2) is 111 Å². The Bertz CT molecular complexity index is 3160. The summed E-state index contributed by atoms with van der Waals surface area (Å²) in [6, 6.07) is 15.5. The molecule has 0 saturated heterocycles. The summed E-state index contributed by atoms with van der Waals surface area (Å²) < 4.78 is 111. The van der Waals surface area contributed by atoms with Crippen molar-refractivity contribution < 1.29 is 77.5 Å². The lowest BCUT2D eigenvalue weighted by Crippen LogP contribution is -2.28. The van der Waals surface area contributed by atoms with E-state index in [1.54, 1.807) is 25.3 Å². The molecule has 3 aliphatic rings. The number of ether oxygens (including phenoxy) is 2. The number of hydrogen-bond donors (Lipinski definition) is 5. The number of methoxy groups -OCH3 is 1. The van der Waals surface area contributed by atoms with Gasteiger partial charge in [0, 0.05) is 52.2 Å². The predicted molar refractivity (Wildman–Crippen MR) is 269 cm³/mol. The highest BCUT2D eigenvalue weighted by Gasteiger charge is 2.46. The Balaban J connectivity index is 1.30. The van der Waals surface area contributed by atoms with E-state index in [9.17, 15) is 44.6 Å². The van der Waals surface area contributed by atoms with Gasteiger partial charge in [0.2, 0.25) is 5.69 Å². The van der Waals surface area contributed by atoms with Crippen molar-refractivity contribution in [2.24, 2.45) is 0 Å². The van der Waals surface area contributed by atoms with E-state index in [4.69, 9.17) is 23.2 Å². The molecule has 4 aromatic rings. The number of carboxylic acids is 1. The molecule has 1 unspecified atom stereocenters. The molecule has 71 heavy (non-hydrogen) atoms. The molecule has 0 bridgehead atoms. The Morgan fingerprint density at radius 2 is 1.66 bits per heavy atom. The van der Waals surface area contributed by atoms with Crippen LogP contribution in [0.5, 0.6) is 5.75 Å². The third kappa shape index (κ3) is 11.9. The maximum atomic E-state index is 12.1. The fraction of sp³-hybridized carbons (Fsp3) is 0.388. The van der Waals surface area contributed by atoms with Crippen LogP contribution in [0.4, 0.5) is 11.4 Å². The molecule has 7 rings (SSSR count). The molecule has 2 aliphatic heterocycles. The normalized spacial score (nSPS) is 18.4. The molecule has 0 radical (unpaired) electrons. The van der Waals surface area contributed by atoms with Gasteiger partial charge in [-0.25, -0.2) is 10.1 Å². The zero-order chi connectivity index (χ0) is 51.5. The first kappa shape index (κ1) is 53.8. The number of benzene rings is 4. The standard InChI is InChI=1S/C49H56N2O16S4/c1-48(2)41(50(24-7-9-26-70(57,58)59)38-19-13-33-28-36(71(60,61)62)17-18-37(33)45(38)48)21-15-31-11-10-12-32(47(31)63-5)16-22-42-49(3,4)46-39(51(42)23-6-8-25-65-69(55)56)20-14-34-27-35(68-67-66-54)29-40(44(34)46)64-30-43(52)53/h13-22,27-29H,6-12,23-26,30H2,1-5H3,(H4-,52,53,54,55,56,57,58,59,60,61,62)/p+1. The van der Waals surface area contributed by atoms with Crippen molar-refractivity contribution in [1.82, 2.24) is 0 Å². The average molecular weight is 1060 g/mol. The molecule has 0 fully saturated rings. The third-order valence-electron chi connectivity index (χ3n) is 13.1. The van der Waals surface area contributed by atoms with E-state index in [-0.39, 0.29) is 29.4 Å². The molecule has 1 atom stereocenters. The minimum absolute atomic E-state index is 0.0717. The third-order valence-corrected chi connectivity index (χ3v) is 15.6. The first-order chi connectivity index (χ1) is 33.6. The lowest BCUT2D eigenvalue weighted by atomic mass is 9.78. The van der Waals surface area contributed by atoms with Crippen LogP contribution in [0, 0.1) is 0 Å². The van der Waals surface area contributed by atoms with E-state index < -0.39 is 55.0 Å². The van der Waals surface area contributed by atoms with Crippen LogP contribution >= 0.6 is 12.0 Å². The molecule has 4 aromatic carbocycles. The average Bonchev–Trinajstić information content (AvgIpc) is 3.66. The number of carbonyl (C=O) groups is 1. The van der Waals surface area contributed by atoms with E-state index in [0.29, 0.717) is 66.6 Å². The second kappa shape index (κ2) is 22.0.